The number of benzene rings is 2. The molecule has 0 spiro atoms. The summed E-state index contributed by atoms with van der Waals surface area (Å²) in [4.78, 5) is 2.31. The zero-order valence-corrected chi connectivity index (χ0v) is 21.6. The average molecular weight is 516 g/mol. The van der Waals surface area contributed by atoms with Gasteiger partial charge in [-0.25, -0.2) is 8.42 Å². The van der Waals surface area contributed by atoms with Gasteiger partial charge in [-0.3, -0.25) is 4.90 Å². The van der Waals surface area contributed by atoms with Gasteiger partial charge in [0.05, 0.1) is 41.2 Å². The molecule has 186 valence electrons. The van der Waals surface area contributed by atoms with Crippen LogP contribution in [0.15, 0.2) is 42.6 Å². The van der Waals surface area contributed by atoms with Crippen molar-refractivity contribution >= 4 is 32.3 Å². The van der Waals surface area contributed by atoms with Crippen molar-refractivity contribution in [2.45, 2.75) is 32.4 Å². The van der Waals surface area contributed by atoms with Gasteiger partial charge in [-0.1, -0.05) is 24.6 Å². The molecular formula is C26H30ClN3O4S. The summed E-state index contributed by atoms with van der Waals surface area (Å²) >= 11 is 6.47. The van der Waals surface area contributed by atoms with E-state index in [2.05, 4.69) is 35.2 Å². The summed E-state index contributed by atoms with van der Waals surface area (Å²) in [5, 5.41) is 11.1. The minimum absolute atomic E-state index is 0.0633. The number of halogens is 1. The number of hydrogen-bond acceptors (Lipinski definition) is 6. The predicted octanol–water partition coefficient (Wildman–Crippen LogP) is 4.58. The Hall–Kier alpha value is -2.57. The monoisotopic (exact) mass is 515 g/mol. The lowest BCUT2D eigenvalue weighted by Gasteiger charge is -2.33. The summed E-state index contributed by atoms with van der Waals surface area (Å²) in [6.45, 7) is 5.42. The molecule has 1 fully saturated rings. The third-order valence-corrected chi connectivity index (χ3v) is 7.33. The molecule has 1 aliphatic heterocycles. The highest BCUT2D eigenvalue weighted by molar-refractivity contribution is 7.90. The highest BCUT2D eigenvalue weighted by atomic mass is 35.5. The molecule has 2 heterocycles. The molecule has 0 saturated carbocycles. The van der Waals surface area contributed by atoms with Crippen molar-refractivity contribution in [3.63, 3.8) is 0 Å². The van der Waals surface area contributed by atoms with Crippen LogP contribution in [0.2, 0.25) is 5.02 Å². The molecule has 3 aromatic rings. The Bertz CT molecular complexity index is 1350. The molecule has 0 N–H and O–H groups in total. The topological polar surface area (TPSA) is 84.6 Å². The van der Waals surface area contributed by atoms with E-state index in [0.29, 0.717) is 36.0 Å². The van der Waals surface area contributed by atoms with Crippen LogP contribution in [0, 0.1) is 11.3 Å². The van der Waals surface area contributed by atoms with Gasteiger partial charge in [-0.15, -0.1) is 0 Å². The second-order valence-electron chi connectivity index (χ2n) is 8.99. The van der Waals surface area contributed by atoms with Crippen LogP contribution in [0.5, 0.6) is 5.75 Å². The first-order valence-corrected chi connectivity index (χ1v) is 14.2. The fourth-order valence-electron chi connectivity index (χ4n) is 4.37. The van der Waals surface area contributed by atoms with Gasteiger partial charge in [-0.05, 0) is 48.7 Å². The molecule has 1 aliphatic rings. The maximum atomic E-state index is 11.5. The molecule has 4 rings (SSSR count). The summed E-state index contributed by atoms with van der Waals surface area (Å²) in [6.07, 6.45) is 4.53. The van der Waals surface area contributed by atoms with Crippen molar-refractivity contribution in [3.8, 4) is 17.5 Å². The van der Waals surface area contributed by atoms with Crippen molar-refractivity contribution in [2.24, 2.45) is 0 Å². The van der Waals surface area contributed by atoms with Gasteiger partial charge in [0.25, 0.3) is 0 Å². The summed E-state index contributed by atoms with van der Waals surface area (Å²) in [5.41, 5.74) is 3.42. The van der Waals surface area contributed by atoms with E-state index in [1.54, 1.807) is 6.07 Å². The first kappa shape index (κ1) is 25.5. The van der Waals surface area contributed by atoms with E-state index in [1.165, 1.54) is 11.8 Å². The number of aromatic nitrogens is 1. The van der Waals surface area contributed by atoms with Gasteiger partial charge >= 0.3 is 0 Å². The maximum absolute atomic E-state index is 11.5. The van der Waals surface area contributed by atoms with Gasteiger partial charge in [0, 0.05) is 43.2 Å². The number of nitriles is 1. The SMILES string of the molecule is CCCOc1c(Cl)cc(-n2ccc3cc(CN4CCOC(CCS(C)(=O)=O)C4)ccc32)cc1C#N. The lowest BCUT2D eigenvalue weighted by atomic mass is 10.1. The predicted molar refractivity (Wildman–Crippen MR) is 138 cm³/mol. The van der Waals surface area contributed by atoms with Gasteiger partial charge in [0.2, 0.25) is 0 Å². The van der Waals surface area contributed by atoms with Crippen LogP contribution < -0.4 is 4.74 Å². The van der Waals surface area contributed by atoms with E-state index in [4.69, 9.17) is 21.1 Å². The standard InChI is InChI=1S/C26H30ClN3O4S/c1-3-10-34-26-21(16-28)14-22(15-24(26)27)30-8-6-20-13-19(4-5-25(20)30)17-29-9-11-33-23(18-29)7-12-35(2,31)32/h4-6,8,13-15,23H,3,7,9-12,17-18H2,1-2H3. The van der Waals surface area contributed by atoms with Crippen LogP contribution >= 0.6 is 11.6 Å². The smallest absolute Gasteiger partial charge is 0.155 e. The molecule has 1 saturated heterocycles. The summed E-state index contributed by atoms with van der Waals surface area (Å²) in [7, 11) is -2.99. The number of ether oxygens (including phenoxy) is 2. The lowest BCUT2D eigenvalue weighted by molar-refractivity contribution is -0.0320. The van der Waals surface area contributed by atoms with Crippen LogP contribution in [-0.2, 0) is 21.1 Å². The zero-order chi connectivity index (χ0) is 25.0. The van der Waals surface area contributed by atoms with Crippen LogP contribution in [0.3, 0.4) is 0 Å². The molecule has 0 aliphatic carbocycles. The molecule has 2 aromatic carbocycles. The van der Waals surface area contributed by atoms with Crippen molar-refractivity contribution in [2.75, 3.05) is 38.3 Å². The molecular weight excluding hydrogens is 486 g/mol. The van der Waals surface area contributed by atoms with Gasteiger partial charge in [0.15, 0.2) is 5.75 Å². The maximum Gasteiger partial charge on any atom is 0.155 e. The third kappa shape index (κ3) is 6.36. The second kappa shape index (κ2) is 11.0. The van der Waals surface area contributed by atoms with Gasteiger partial charge < -0.3 is 14.0 Å². The Morgan fingerprint density at radius 3 is 2.83 bits per heavy atom. The molecule has 35 heavy (non-hydrogen) atoms. The average Bonchev–Trinajstić information content (AvgIpc) is 3.24. The number of sulfone groups is 1. The van der Waals surface area contributed by atoms with Gasteiger partial charge in [0.1, 0.15) is 15.9 Å². The number of nitrogens with zero attached hydrogens (tertiary/aromatic N) is 3. The molecule has 1 aromatic heterocycles. The van der Waals surface area contributed by atoms with Crippen LogP contribution in [0.1, 0.15) is 30.9 Å². The zero-order valence-electron chi connectivity index (χ0n) is 20.0. The highest BCUT2D eigenvalue weighted by Gasteiger charge is 2.22. The molecule has 1 unspecified atom stereocenters. The Kier molecular flexibility index (Phi) is 8.02. The number of morpholine rings is 1. The Labute approximate surface area is 211 Å². The largest absolute Gasteiger partial charge is 0.491 e. The molecule has 0 amide bonds. The third-order valence-electron chi connectivity index (χ3n) is 6.07. The summed E-state index contributed by atoms with van der Waals surface area (Å²) in [6, 6.07) is 14.2. The van der Waals surface area contributed by atoms with E-state index < -0.39 is 9.84 Å². The minimum Gasteiger partial charge on any atom is -0.491 e. The lowest BCUT2D eigenvalue weighted by Crippen LogP contribution is -2.42. The van der Waals surface area contributed by atoms with E-state index in [1.807, 2.05) is 23.8 Å². The van der Waals surface area contributed by atoms with Crippen molar-refractivity contribution in [3.05, 3.63) is 58.7 Å². The second-order valence-corrected chi connectivity index (χ2v) is 11.7. The van der Waals surface area contributed by atoms with Crippen molar-refractivity contribution < 1.29 is 17.9 Å². The number of fused-ring (bicyclic) bond motifs is 1. The Balaban J connectivity index is 1.51. The molecule has 1 atom stereocenters. The fourth-order valence-corrected chi connectivity index (χ4v) is 5.33. The van der Waals surface area contributed by atoms with Crippen molar-refractivity contribution in [1.82, 2.24) is 9.47 Å². The molecule has 7 nitrogen and oxygen atoms in total. The van der Waals surface area contributed by atoms with Gasteiger partial charge in [-0.2, -0.15) is 5.26 Å². The van der Waals surface area contributed by atoms with E-state index in [9.17, 15) is 13.7 Å². The van der Waals surface area contributed by atoms with E-state index in [0.717, 1.165) is 42.6 Å². The van der Waals surface area contributed by atoms with Crippen LogP contribution in [0.4, 0.5) is 0 Å². The number of hydrogen-bond donors (Lipinski definition) is 0. The highest BCUT2D eigenvalue weighted by Crippen LogP contribution is 2.33. The summed E-state index contributed by atoms with van der Waals surface area (Å²) < 4.78 is 36.5. The quantitative estimate of drug-likeness (QED) is 0.414. The Morgan fingerprint density at radius 1 is 1.26 bits per heavy atom. The normalized spacial score (nSPS) is 16.9. The number of rotatable bonds is 9. The molecule has 9 heteroatoms. The van der Waals surface area contributed by atoms with E-state index in [-0.39, 0.29) is 11.9 Å². The molecule has 0 radical (unpaired) electrons. The Morgan fingerprint density at radius 2 is 2.09 bits per heavy atom. The van der Waals surface area contributed by atoms with Crippen LogP contribution in [0.25, 0.3) is 16.6 Å². The van der Waals surface area contributed by atoms with Crippen LogP contribution in [-0.4, -0.2) is 62.3 Å². The molecule has 0 bridgehead atoms. The summed E-state index contributed by atoms with van der Waals surface area (Å²) in [5.74, 6) is 0.577. The first-order chi connectivity index (χ1) is 16.8. The minimum atomic E-state index is -2.99. The van der Waals surface area contributed by atoms with E-state index >= 15 is 0 Å². The first-order valence-electron chi connectivity index (χ1n) is 11.8. The fraction of sp³-hybridized carbons (Fsp3) is 0.423. The van der Waals surface area contributed by atoms with Crippen molar-refractivity contribution in [1.29, 1.82) is 5.26 Å².